The second kappa shape index (κ2) is 6.23. The Morgan fingerprint density at radius 2 is 1.80 bits per heavy atom. The fraction of sp³-hybridized carbons (Fsp3) is 0.462. The lowest BCUT2D eigenvalue weighted by molar-refractivity contribution is -0.120. The molecule has 0 saturated carbocycles. The molecule has 0 aliphatic rings. The van der Waals surface area contributed by atoms with Gasteiger partial charge in [0.1, 0.15) is 0 Å². The molecule has 0 aliphatic heterocycles. The van der Waals surface area contributed by atoms with E-state index < -0.39 is 10.0 Å². The van der Waals surface area contributed by atoms with Crippen LogP contribution in [0, 0.1) is 13.8 Å². The Bertz CT molecular complexity index is 588. The SMILES string of the molecule is CNC(=O)CCN(C)S(=O)(=O)c1c(C)cc(N)cc1C. The predicted octanol–water partition coefficient (Wildman–Crippen LogP) is 0.642. The van der Waals surface area contributed by atoms with Crippen LogP contribution in [0.15, 0.2) is 17.0 Å². The molecule has 1 aromatic carbocycles. The lowest BCUT2D eigenvalue weighted by atomic mass is 10.1. The van der Waals surface area contributed by atoms with Gasteiger partial charge in [0.25, 0.3) is 0 Å². The number of aryl methyl sites for hydroxylation is 2. The van der Waals surface area contributed by atoms with Gasteiger partial charge in [-0.15, -0.1) is 0 Å². The fourth-order valence-electron chi connectivity index (χ4n) is 2.05. The van der Waals surface area contributed by atoms with Crippen LogP contribution in [0.25, 0.3) is 0 Å². The molecule has 1 rings (SSSR count). The number of anilines is 1. The first-order valence-corrected chi connectivity index (χ1v) is 7.67. The van der Waals surface area contributed by atoms with E-state index in [1.54, 1.807) is 26.0 Å². The first-order chi connectivity index (χ1) is 9.20. The summed E-state index contributed by atoms with van der Waals surface area (Å²) in [6.07, 6.45) is 0.124. The number of nitrogen functional groups attached to an aromatic ring is 1. The van der Waals surface area contributed by atoms with E-state index in [-0.39, 0.29) is 23.8 Å². The minimum Gasteiger partial charge on any atom is -0.399 e. The van der Waals surface area contributed by atoms with E-state index in [0.717, 1.165) is 0 Å². The van der Waals surface area contributed by atoms with Crippen LogP contribution in [0.5, 0.6) is 0 Å². The minimum absolute atomic E-state index is 0.124. The zero-order chi connectivity index (χ0) is 15.5. The Morgan fingerprint density at radius 1 is 1.30 bits per heavy atom. The van der Waals surface area contributed by atoms with E-state index >= 15 is 0 Å². The second-order valence-electron chi connectivity index (χ2n) is 4.73. The highest BCUT2D eigenvalue weighted by atomic mass is 32.2. The number of nitrogens with two attached hydrogens (primary N) is 1. The summed E-state index contributed by atoms with van der Waals surface area (Å²) in [6.45, 7) is 3.55. The molecule has 0 spiro atoms. The van der Waals surface area contributed by atoms with Crippen molar-refractivity contribution < 1.29 is 13.2 Å². The smallest absolute Gasteiger partial charge is 0.243 e. The quantitative estimate of drug-likeness (QED) is 0.780. The number of hydrogen-bond acceptors (Lipinski definition) is 4. The van der Waals surface area contributed by atoms with Gasteiger partial charge in [-0.25, -0.2) is 12.7 Å². The van der Waals surface area contributed by atoms with Crippen molar-refractivity contribution in [3.63, 3.8) is 0 Å². The second-order valence-corrected chi connectivity index (χ2v) is 6.72. The number of carbonyl (C=O) groups excluding carboxylic acids is 1. The topological polar surface area (TPSA) is 92.5 Å². The number of nitrogens with zero attached hydrogens (tertiary/aromatic N) is 1. The fourth-order valence-corrected chi connectivity index (χ4v) is 3.63. The molecule has 0 bridgehead atoms. The van der Waals surface area contributed by atoms with Crippen molar-refractivity contribution in [3.8, 4) is 0 Å². The summed E-state index contributed by atoms with van der Waals surface area (Å²) in [5.74, 6) is -0.196. The molecular weight excluding hydrogens is 278 g/mol. The largest absolute Gasteiger partial charge is 0.399 e. The zero-order valence-corrected chi connectivity index (χ0v) is 13.0. The van der Waals surface area contributed by atoms with Gasteiger partial charge in [0.05, 0.1) is 4.90 Å². The Morgan fingerprint density at radius 3 is 2.25 bits per heavy atom. The monoisotopic (exact) mass is 299 g/mol. The molecule has 0 aliphatic carbocycles. The summed E-state index contributed by atoms with van der Waals surface area (Å²) in [4.78, 5) is 11.5. The summed E-state index contributed by atoms with van der Waals surface area (Å²) in [5.41, 5.74) is 7.45. The molecule has 7 heteroatoms. The van der Waals surface area contributed by atoms with Crippen LogP contribution in [0.4, 0.5) is 5.69 Å². The van der Waals surface area contributed by atoms with Crippen molar-refractivity contribution in [2.45, 2.75) is 25.2 Å². The summed E-state index contributed by atoms with van der Waals surface area (Å²) >= 11 is 0. The van der Waals surface area contributed by atoms with Crippen molar-refractivity contribution >= 4 is 21.6 Å². The highest BCUT2D eigenvalue weighted by molar-refractivity contribution is 7.89. The average Bonchev–Trinajstić information content (AvgIpc) is 2.33. The molecule has 1 amide bonds. The van der Waals surface area contributed by atoms with E-state index in [2.05, 4.69) is 5.32 Å². The van der Waals surface area contributed by atoms with Crippen LogP contribution >= 0.6 is 0 Å². The number of nitrogens with one attached hydrogen (secondary N) is 1. The van der Waals surface area contributed by atoms with Crippen molar-refractivity contribution in [3.05, 3.63) is 23.3 Å². The van der Waals surface area contributed by atoms with Gasteiger partial charge in [-0.3, -0.25) is 4.79 Å². The molecule has 6 nitrogen and oxygen atoms in total. The predicted molar refractivity (Wildman–Crippen MR) is 78.8 cm³/mol. The van der Waals surface area contributed by atoms with Crippen LogP contribution in [-0.2, 0) is 14.8 Å². The van der Waals surface area contributed by atoms with Crippen molar-refractivity contribution in [1.82, 2.24) is 9.62 Å². The highest BCUT2D eigenvalue weighted by Crippen LogP contribution is 2.25. The number of benzene rings is 1. The van der Waals surface area contributed by atoms with Gasteiger partial charge in [0.15, 0.2) is 0 Å². The van der Waals surface area contributed by atoms with Gasteiger partial charge in [-0.05, 0) is 37.1 Å². The van der Waals surface area contributed by atoms with Crippen LogP contribution < -0.4 is 11.1 Å². The molecule has 0 heterocycles. The molecule has 1 aromatic rings. The summed E-state index contributed by atoms with van der Waals surface area (Å²) in [6, 6.07) is 3.26. The van der Waals surface area contributed by atoms with Crippen molar-refractivity contribution in [1.29, 1.82) is 0 Å². The van der Waals surface area contributed by atoms with Gasteiger partial charge < -0.3 is 11.1 Å². The Balaban J connectivity index is 3.08. The number of hydrogen-bond donors (Lipinski definition) is 2. The van der Waals surface area contributed by atoms with Gasteiger partial charge in [0.2, 0.25) is 15.9 Å². The normalized spacial score (nSPS) is 11.7. The highest BCUT2D eigenvalue weighted by Gasteiger charge is 2.25. The van der Waals surface area contributed by atoms with Crippen LogP contribution in [0.1, 0.15) is 17.5 Å². The third kappa shape index (κ3) is 3.49. The van der Waals surface area contributed by atoms with Crippen molar-refractivity contribution in [2.75, 3.05) is 26.4 Å². The maximum atomic E-state index is 12.5. The Hall–Kier alpha value is -1.60. The van der Waals surface area contributed by atoms with E-state index in [0.29, 0.717) is 16.8 Å². The maximum Gasteiger partial charge on any atom is 0.243 e. The average molecular weight is 299 g/mol. The molecule has 3 N–H and O–H groups in total. The van der Waals surface area contributed by atoms with Gasteiger partial charge in [-0.1, -0.05) is 0 Å². The Labute approximate surface area is 120 Å². The van der Waals surface area contributed by atoms with Crippen LogP contribution in [-0.4, -0.2) is 39.3 Å². The number of amides is 1. The number of rotatable bonds is 5. The minimum atomic E-state index is -3.62. The molecule has 0 radical (unpaired) electrons. The first-order valence-electron chi connectivity index (χ1n) is 6.23. The molecule has 0 saturated heterocycles. The number of carbonyl (C=O) groups is 1. The lowest BCUT2D eigenvalue weighted by Gasteiger charge is -2.20. The van der Waals surface area contributed by atoms with E-state index in [1.807, 2.05) is 0 Å². The Kier molecular flexibility index (Phi) is 5.13. The van der Waals surface area contributed by atoms with Gasteiger partial charge >= 0.3 is 0 Å². The third-order valence-electron chi connectivity index (χ3n) is 3.08. The number of sulfonamides is 1. The molecule has 112 valence electrons. The molecule has 20 heavy (non-hydrogen) atoms. The summed E-state index contributed by atoms with van der Waals surface area (Å²) in [5, 5.41) is 2.46. The third-order valence-corrected chi connectivity index (χ3v) is 5.25. The van der Waals surface area contributed by atoms with Gasteiger partial charge in [0, 0.05) is 32.7 Å². The molecule has 0 unspecified atom stereocenters. The van der Waals surface area contributed by atoms with E-state index in [4.69, 9.17) is 5.73 Å². The summed E-state index contributed by atoms with van der Waals surface area (Å²) in [7, 11) is -0.638. The maximum absolute atomic E-state index is 12.5. The molecule has 0 atom stereocenters. The van der Waals surface area contributed by atoms with Crippen molar-refractivity contribution in [2.24, 2.45) is 0 Å². The standard InChI is InChI=1S/C13H21N3O3S/c1-9-7-11(14)8-10(2)13(9)20(18,19)16(4)6-5-12(17)15-3/h7-8H,5-6,14H2,1-4H3,(H,15,17). The molecule has 0 fully saturated rings. The molecular formula is C13H21N3O3S. The molecule has 0 aromatic heterocycles. The first kappa shape index (κ1) is 16.5. The lowest BCUT2D eigenvalue weighted by Crippen LogP contribution is -2.32. The van der Waals surface area contributed by atoms with Crippen LogP contribution in [0.3, 0.4) is 0 Å². The van der Waals surface area contributed by atoms with E-state index in [1.165, 1.54) is 18.4 Å². The zero-order valence-electron chi connectivity index (χ0n) is 12.2. The van der Waals surface area contributed by atoms with E-state index in [9.17, 15) is 13.2 Å². The summed E-state index contributed by atoms with van der Waals surface area (Å²) < 4.78 is 26.3. The van der Waals surface area contributed by atoms with Crippen LogP contribution in [0.2, 0.25) is 0 Å². The van der Waals surface area contributed by atoms with Gasteiger partial charge in [-0.2, -0.15) is 0 Å².